The summed E-state index contributed by atoms with van der Waals surface area (Å²) in [6.45, 7) is 3.58. The molecule has 5 nitrogen and oxygen atoms in total. The van der Waals surface area contributed by atoms with Crippen LogP contribution >= 0.6 is 11.3 Å². The predicted octanol–water partition coefficient (Wildman–Crippen LogP) is 3.84. The maximum absolute atomic E-state index is 12.9. The molecule has 0 aliphatic rings. The summed E-state index contributed by atoms with van der Waals surface area (Å²) in [7, 11) is 1.26. The van der Waals surface area contributed by atoms with Crippen LogP contribution in [-0.2, 0) is 9.53 Å². The van der Waals surface area contributed by atoms with E-state index in [2.05, 4.69) is 5.32 Å². The molecule has 0 aliphatic heterocycles. The van der Waals surface area contributed by atoms with Crippen LogP contribution in [0.5, 0.6) is 0 Å². The van der Waals surface area contributed by atoms with Crippen molar-refractivity contribution in [3.05, 3.63) is 57.2 Å². The molecule has 1 N–H and O–H groups in total. The van der Waals surface area contributed by atoms with Crippen LogP contribution in [0.1, 0.15) is 26.4 Å². The molecule has 25 heavy (non-hydrogen) atoms. The number of anilines is 1. The van der Waals surface area contributed by atoms with Gasteiger partial charge in [0.2, 0.25) is 0 Å². The van der Waals surface area contributed by atoms with Crippen molar-refractivity contribution in [3.8, 4) is 6.07 Å². The Morgan fingerprint density at radius 1 is 1.28 bits per heavy atom. The third-order valence-electron chi connectivity index (χ3n) is 3.55. The number of benzene rings is 1. The summed E-state index contributed by atoms with van der Waals surface area (Å²) in [6, 6.07) is 7.20. The third-order valence-corrected chi connectivity index (χ3v) is 4.67. The SMILES string of the molecule is COC(=O)c1c(NC(=O)/C(C#N)=C\c2ccc(F)cc2)sc(C)c1C. The van der Waals surface area contributed by atoms with Crippen LogP contribution in [0, 0.1) is 31.0 Å². The molecular formula is C18H15FN2O3S. The molecule has 1 heterocycles. The molecule has 0 atom stereocenters. The molecule has 0 aliphatic carbocycles. The second-order valence-electron chi connectivity index (χ2n) is 5.15. The van der Waals surface area contributed by atoms with E-state index >= 15 is 0 Å². The van der Waals surface area contributed by atoms with Crippen molar-refractivity contribution in [2.45, 2.75) is 13.8 Å². The van der Waals surface area contributed by atoms with E-state index in [0.29, 0.717) is 16.1 Å². The molecule has 1 aromatic heterocycles. The van der Waals surface area contributed by atoms with Crippen molar-refractivity contribution in [2.75, 3.05) is 12.4 Å². The summed E-state index contributed by atoms with van der Waals surface area (Å²) in [4.78, 5) is 25.2. The number of nitriles is 1. The highest BCUT2D eigenvalue weighted by Gasteiger charge is 2.22. The number of nitrogens with zero attached hydrogens (tertiary/aromatic N) is 1. The molecule has 2 aromatic rings. The first-order chi connectivity index (χ1) is 11.9. The van der Waals surface area contributed by atoms with Crippen LogP contribution in [0.3, 0.4) is 0 Å². The van der Waals surface area contributed by atoms with E-state index < -0.39 is 17.7 Å². The zero-order valence-electron chi connectivity index (χ0n) is 13.8. The Labute approximate surface area is 148 Å². The molecule has 0 bridgehead atoms. The van der Waals surface area contributed by atoms with Gasteiger partial charge in [0, 0.05) is 4.88 Å². The Bertz CT molecular complexity index is 892. The average molecular weight is 358 g/mol. The minimum atomic E-state index is -0.654. The lowest BCUT2D eigenvalue weighted by Gasteiger charge is -2.05. The molecule has 0 saturated carbocycles. The zero-order chi connectivity index (χ0) is 18.6. The van der Waals surface area contributed by atoms with E-state index in [4.69, 9.17) is 4.74 Å². The summed E-state index contributed by atoms with van der Waals surface area (Å²) in [5, 5.41) is 12.1. The van der Waals surface area contributed by atoms with Gasteiger partial charge in [0.25, 0.3) is 5.91 Å². The lowest BCUT2D eigenvalue weighted by atomic mass is 10.1. The Hall–Kier alpha value is -2.98. The quantitative estimate of drug-likeness (QED) is 0.512. The number of halogens is 1. The molecule has 0 radical (unpaired) electrons. The van der Waals surface area contributed by atoms with Gasteiger partial charge in [0.1, 0.15) is 22.5 Å². The number of rotatable bonds is 4. The number of aryl methyl sites for hydroxylation is 1. The first-order valence-corrected chi connectivity index (χ1v) is 8.06. The molecule has 128 valence electrons. The summed E-state index contributed by atoms with van der Waals surface area (Å²) < 4.78 is 17.7. The van der Waals surface area contributed by atoms with E-state index in [1.165, 1.54) is 48.8 Å². The maximum atomic E-state index is 12.9. The number of methoxy groups -OCH3 is 1. The number of hydrogen-bond donors (Lipinski definition) is 1. The van der Waals surface area contributed by atoms with Gasteiger partial charge in [-0.2, -0.15) is 5.26 Å². The number of nitrogens with one attached hydrogen (secondary N) is 1. The van der Waals surface area contributed by atoms with Crippen molar-refractivity contribution < 1.29 is 18.7 Å². The molecule has 1 aromatic carbocycles. The summed E-state index contributed by atoms with van der Waals surface area (Å²) in [5.74, 6) is -1.62. The van der Waals surface area contributed by atoms with Crippen LogP contribution in [0.25, 0.3) is 6.08 Å². The predicted molar refractivity (Wildman–Crippen MR) is 93.8 cm³/mol. The average Bonchev–Trinajstić information content (AvgIpc) is 2.87. The van der Waals surface area contributed by atoms with E-state index in [9.17, 15) is 19.2 Å². The van der Waals surface area contributed by atoms with Crippen molar-refractivity contribution in [3.63, 3.8) is 0 Å². The summed E-state index contributed by atoms with van der Waals surface area (Å²) in [5.41, 5.74) is 1.34. The Balaban J connectivity index is 2.32. The largest absolute Gasteiger partial charge is 0.465 e. The molecule has 7 heteroatoms. The van der Waals surface area contributed by atoms with E-state index in [-0.39, 0.29) is 11.1 Å². The van der Waals surface area contributed by atoms with Crippen molar-refractivity contribution in [1.82, 2.24) is 0 Å². The van der Waals surface area contributed by atoms with Crippen molar-refractivity contribution >= 4 is 34.3 Å². The molecule has 2 rings (SSSR count). The number of carbonyl (C=O) groups excluding carboxylic acids is 2. The summed E-state index contributed by atoms with van der Waals surface area (Å²) >= 11 is 1.23. The highest BCUT2D eigenvalue weighted by molar-refractivity contribution is 7.16. The second-order valence-corrected chi connectivity index (χ2v) is 6.38. The molecule has 1 amide bonds. The fraction of sp³-hybridized carbons (Fsp3) is 0.167. The third kappa shape index (κ3) is 4.11. The van der Waals surface area contributed by atoms with Crippen molar-refractivity contribution in [2.24, 2.45) is 0 Å². The lowest BCUT2D eigenvalue weighted by molar-refractivity contribution is -0.112. The van der Waals surface area contributed by atoms with Gasteiger partial charge >= 0.3 is 5.97 Å². The number of esters is 1. The number of hydrogen-bond acceptors (Lipinski definition) is 5. The topological polar surface area (TPSA) is 79.2 Å². The van der Waals surface area contributed by atoms with Crippen molar-refractivity contribution in [1.29, 1.82) is 5.26 Å². The first-order valence-electron chi connectivity index (χ1n) is 7.24. The minimum absolute atomic E-state index is 0.161. The second kappa shape index (κ2) is 7.73. The number of thiophene rings is 1. The minimum Gasteiger partial charge on any atom is -0.465 e. The van der Waals surface area contributed by atoms with Gasteiger partial charge in [-0.25, -0.2) is 9.18 Å². The standard InChI is InChI=1S/C18H15FN2O3S/c1-10-11(2)25-17(15(10)18(23)24-3)21-16(22)13(9-20)8-12-4-6-14(19)7-5-12/h4-8H,1-3H3,(H,21,22)/b13-8-. The van der Waals surface area contributed by atoms with Crippen LogP contribution in [0.2, 0.25) is 0 Å². The van der Waals surface area contributed by atoms with E-state index in [0.717, 1.165) is 4.88 Å². The number of ether oxygens (including phenoxy) is 1. The van der Waals surface area contributed by atoms with Crippen LogP contribution in [-0.4, -0.2) is 19.0 Å². The van der Waals surface area contributed by atoms with Gasteiger partial charge in [-0.15, -0.1) is 11.3 Å². The maximum Gasteiger partial charge on any atom is 0.341 e. The van der Waals surface area contributed by atoms with Gasteiger partial charge in [-0.3, -0.25) is 4.79 Å². The molecule has 0 unspecified atom stereocenters. The Morgan fingerprint density at radius 2 is 1.92 bits per heavy atom. The highest BCUT2D eigenvalue weighted by Crippen LogP contribution is 2.33. The van der Waals surface area contributed by atoms with E-state index in [1.54, 1.807) is 6.92 Å². The van der Waals surface area contributed by atoms with Crippen LogP contribution < -0.4 is 5.32 Å². The van der Waals surface area contributed by atoms with E-state index in [1.807, 2.05) is 13.0 Å². The van der Waals surface area contributed by atoms with Gasteiger partial charge in [0.15, 0.2) is 0 Å². The fourth-order valence-corrected chi connectivity index (χ4v) is 3.15. The Morgan fingerprint density at radius 3 is 2.48 bits per heavy atom. The number of amides is 1. The summed E-state index contributed by atoms with van der Waals surface area (Å²) in [6.07, 6.45) is 1.35. The van der Waals surface area contributed by atoms with Crippen LogP contribution in [0.15, 0.2) is 29.8 Å². The Kier molecular flexibility index (Phi) is 5.67. The molecule has 0 saturated heterocycles. The normalized spacial score (nSPS) is 10.9. The zero-order valence-corrected chi connectivity index (χ0v) is 14.7. The molecule has 0 fully saturated rings. The molecule has 0 spiro atoms. The highest BCUT2D eigenvalue weighted by atomic mass is 32.1. The number of carbonyl (C=O) groups is 2. The van der Waals surface area contributed by atoms with Gasteiger partial charge < -0.3 is 10.1 Å². The van der Waals surface area contributed by atoms with Gasteiger partial charge in [0.05, 0.1) is 12.7 Å². The van der Waals surface area contributed by atoms with Gasteiger partial charge in [-0.05, 0) is 43.2 Å². The molecular weight excluding hydrogens is 343 g/mol. The monoisotopic (exact) mass is 358 g/mol. The first kappa shape index (κ1) is 18.4. The van der Waals surface area contributed by atoms with Gasteiger partial charge in [-0.1, -0.05) is 12.1 Å². The smallest absolute Gasteiger partial charge is 0.341 e. The fourth-order valence-electron chi connectivity index (χ4n) is 2.11. The van der Waals surface area contributed by atoms with Crippen LogP contribution in [0.4, 0.5) is 9.39 Å². The lowest BCUT2D eigenvalue weighted by Crippen LogP contribution is -2.15.